The van der Waals surface area contributed by atoms with Crippen molar-refractivity contribution >= 4 is 22.6 Å². The predicted molar refractivity (Wildman–Crippen MR) is 76.7 cm³/mol. The van der Waals surface area contributed by atoms with E-state index in [9.17, 15) is 4.39 Å². The normalized spacial score (nSPS) is 13.0. The van der Waals surface area contributed by atoms with Crippen LogP contribution in [0.4, 0.5) is 4.39 Å². The summed E-state index contributed by atoms with van der Waals surface area (Å²) >= 11 is 6.16. The third-order valence-electron chi connectivity index (χ3n) is 3.24. The quantitative estimate of drug-likeness (QED) is 0.693. The van der Waals surface area contributed by atoms with Crippen LogP contribution in [0.15, 0.2) is 22.7 Å². The smallest absolute Gasteiger partial charge is 0.223 e. The second-order valence-electron chi connectivity index (χ2n) is 4.82. The van der Waals surface area contributed by atoms with Gasteiger partial charge in [-0.25, -0.2) is 9.37 Å². The number of aromatic nitrogens is 4. The van der Waals surface area contributed by atoms with Crippen molar-refractivity contribution < 1.29 is 8.91 Å². The molecule has 0 aliphatic carbocycles. The molecule has 0 saturated carbocycles. The van der Waals surface area contributed by atoms with Crippen molar-refractivity contribution in [2.45, 2.75) is 32.2 Å². The Morgan fingerprint density at radius 3 is 2.86 bits per heavy atom. The van der Waals surface area contributed by atoms with Crippen LogP contribution in [-0.4, -0.2) is 19.7 Å². The SMILES string of the molecule is Cc1nc(CCn2c(C(C)Cl)nc3c(F)cccc32)no1. The van der Waals surface area contributed by atoms with Gasteiger partial charge in [0.05, 0.1) is 10.9 Å². The first-order valence-corrected chi connectivity index (χ1v) is 7.08. The lowest BCUT2D eigenvalue weighted by Crippen LogP contribution is -2.07. The molecular formula is C14H14ClFN4O. The second kappa shape index (κ2) is 5.44. The summed E-state index contributed by atoms with van der Waals surface area (Å²) in [6.07, 6.45) is 0.565. The number of imidazole rings is 1. The zero-order valence-corrected chi connectivity index (χ0v) is 12.4. The van der Waals surface area contributed by atoms with E-state index in [1.54, 1.807) is 13.0 Å². The van der Waals surface area contributed by atoms with Crippen LogP contribution in [0.25, 0.3) is 11.0 Å². The minimum Gasteiger partial charge on any atom is -0.340 e. The minimum atomic E-state index is -0.347. The summed E-state index contributed by atoms with van der Waals surface area (Å²) < 4.78 is 20.7. The summed E-state index contributed by atoms with van der Waals surface area (Å²) in [5.41, 5.74) is 1.06. The summed E-state index contributed by atoms with van der Waals surface area (Å²) in [5, 5.41) is 3.54. The molecule has 0 bridgehead atoms. The minimum absolute atomic E-state index is 0.316. The first kappa shape index (κ1) is 14.0. The molecule has 1 aromatic carbocycles. The van der Waals surface area contributed by atoms with Gasteiger partial charge in [0.15, 0.2) is 11.6 Å². The number of rotatable bonds is 4. The molecule has 2 aromatic heterocycles. The van der Waals surface area contributed by atoms with Gasteiger partial charge in [-0.1, -0.05) is 11.2 Å². The highest BCUT2D eigenvalue weighted by molar-refractivity contribution is 6.20. The van der Waals surface area contributed by atoms with E-state index in [1.165, 1.54) is 6.07 Å². The van der Waals surface area contributed by atoms with Crippen molar-refractivity contribution in [3.8, 4) is 0 Å². The summed E-state index contributed by atoms with van der Waals surface area (Å²) in [5.74, 6) is 1.42. The topological polar surface area (TPSA) is 56.7 Å². The summed E-state index contributed by atoms with van der Waals surface area (Å²) in [7, 11) is 0. The molecule has 3 aromatic rings. The maximum atomic E-state index is 13.9. The Hall–Kier alpha value is -1.95. The van der Waals surface area contributed by atoms with Crippen LogP contribution >= 0.6 is 11.6 Å². The van der Waals surface area contributed by atoms with E-state index in [0.29, 0.717) is 36.0 Å². The molecule has 0 fully saturated rings. The van der Waals surface area contributed by atoms with Crippen LogP contribution in [0, 0.1) is 12.7 Å². The van der Waals surface area contributed by atoms with Gasteiger partial charge in [0, 0.05) is 19.9 Å². The Balaban J connectivity index is 1.99. The van der Waals surface area contributed by atoms with E-state index in [2.05, 4.69) is 15.1 Å². The van der Waals surface area contributed by atoms with Gasteiger partial charge in [0.25, 0.3) is 0 Å². The zero-order chi connectivity index (χ0) is 15.0. The number of aryl methyl sites for hydroxylation is 3. The lowest BCUT2D eigenvalue weighted by atomic mass is 10.3. The van der Waals surface area contributed by atoms with Gasteiger partial charge in [-0.3, -0.25) is 0 Å². The largest absolute Gasteiger partial charge is 0.340 e. The van der Waals surface area contributed by atoms with Gasteiger partial charge in [-0.05, 0) is 19.1 Å². The third-order valence-corrected chi connectivity index (χ3v) is 3.44. The van der Waals surface area contributed by atoms with E-state index in [1.807, 2.05) is 17.6 Å². The molecule has 0 amide bonds. The predicted octanol–water partition coefficient (Wildman–Crippen LogP) is 3.41. The van der Waals surface area contributed by atoms with Crippen LogP contribution in [0.3, 0.4) is 0 Å². The van der Waals surface area contributed by atoms with Gasteiger partial charge < -0.3 is 9.09 Å². The summed E-state index contributed by atoms with van der Waals surface area (Å²) in [6, 6.07) is 4.89. The Morgan fingerprint density at radius 2 is 2.19 bits per heavy atom. The van der Waals surface area contributed by atoms with Gasteiger partial charge in [0.1, 0.15) is 11.3 Å². The van der Waals surface area contributed by atoms with Crippen molar-refractivity contribution in [1.82, 2.24) is 19.7 Å². The van der Waals surface area contributed by atoms with Gasteiger partial charge >= 0.3 is 0 Å². The summed E-state index contributed by atoms with van der Waals surface area (Å²) in [6.45, 7) is 4.12. The molecule has 3 rings (SSSR count). The lowest BCUT2D eigenvalue weighted by molar-refractivity contribution is 0.386. The average Bonchev–Trinajstić information content (AvgIpc) is 3.01. The van der Waals surface area contributed by atoms with Crippen molar-refractivity contribution in [1.29, 1.82) is 0 Å². The monoisotopic (exact) mass is 308 g/mol. The number of alkyl halides is 1. The number of hydrogen-bond acceptors (Lipinski definition) is 4. The molecule has 0 aliphatic rings. The Labute approximate surface area is 125 Å². The number of para-hydroxylation sites is 1. The third kappa shape index (κ3) is 2.63. The van der Waals surface area contributed by atoms with Crippen LogP contribution in [0.1, 0.15) is 29.8 Å². The number of halogens is 2. The van der Waals surface area contributed by atoms with E-state index >= 15 is 0 Å². The van der Waals surface area contributed by atoms with Crippen molar-refractivity contribution in [2.24, 2.45) is 0 Å². The maximum absolute atomic E-state index is 13.9. The molecule has 21 heavy (non-hydrogen) atoms. The van der Waals surface area contributed by atoms with Gasteiger partial charge in [0.2, 0.25) is 5.89 Å². The molecule has 0 saturated heterocycles. The average molecular weight is 309 g/mol. The second-order valence-corrected chi connectivity index (χ2v) is 5.48. The first-order valence-electron chi connectivity index (χ1n) is 6.64. The summed E-state index contributed by atoms with van der Waals surface area (Å²) in [4.78, 5) is 8.48. The van der Waals surface area contributed by atoms with E-state index in [-0.39, 0.29) is 11.2 Å². The molecule has 2 heterocycles. The van der Waals surface area contributed by atoms with Crippen molar-refractivity contribution in [3.63, 3.8) is 0 Å². The lowest BCUT2D eigenvalue weighted by Gasteiger charge is -2.09. The Morgan fingerprint density at radius 1 is 1.38 bits per heavy atom. The highest BCUT2D eigenvalue weighted by atomic mass is 35.5. The van der Waals surface area contributed by atoms with Gasteiger partial charge in [-0.2, -0.15) is 4.98 Å². The molecule has 5 nitrogen and oxygen atoms in total. The van der Waals surface area contributed by atoms with Crippen molar-refractivity contribution in [2.75, 3.05) is 0 Å². The fourth-order valence-corrected chi connectivity index (χ4v) is 2.49. The van der Waals surface area contributed by atoms with E-state index in [4.69, 9.17) is 16.1 Å². The number of nitrogens with zero attached hydrogens (tertiary/aromatic N) is 4. The molecule has 7 heteroatoms. The van der Waals surface area contributed by atoms with Crippen LogP contribution < -0.4 is 0 Å². The molecule has 0 spiro atoms. The fraction of sp³-hybridized carbons (Fsp3) is 0.357. The van der Waals surface area contributed by atoms with Crippen molar-refractivity contribution in [3.05, 3.63) is 41.6 Å². The number of benzene rings is 1. The van der Waals surface area contributed by atoms with Crippen LogP contribution in [0.5, 0.6) is 0 Å². The molecular weight excluding hydrogens is 295 g/mol. The molecule has 0 radical (unpaired) electrons. The first-order chi connectivity index (χ1) is 10.1. The highest BCUT2D eigenvalue weighted by Gasteiger charge is 2.17. The Bertz CT molecular complexity index is 780. The standard InChI is InChI=1S/C14H14ClFN4O/c1-8(15)14-18-13-10(16)4-3-5-11(13)20(14)7-6-12-17-9(2)21-19-12/h3-5,8H,6-7H2,1-2H3. The number of fused-ring (bicyclic) bond motifs is 1. The molecule has 1 unspecified atom stereocenters. The highest BCUT2D eigenvalue weighted by Crippen LogP contribution is 2.26. The maximum Gasteiger partial charge on any atom is 0.223 e. The molecule has 1 atom stereocenters. The Kier molecular flexibility index (Phi) is 3.63. The zero-order valence-electron chi connectivity index (χ0n) is 11.7. The molecule has 110 valence electrons. The number of hydrogen-bond donors (Lipinski definition) is 0. The van der Waals surface area contributed by atoms with E-state index < -0.39 is 0 Å². The fourth-order valence-electron chi connectivity index (χ4n) is 2.32. The van der Waals surface area contributed by atoms with Crippen LogP contribution in [-0.2, 0) is 13.0 Å². The van der Waals surface area contributed by atoms with E-state index in [0.717, 1.165) is 5.52 Å². The molecule has 0 aliphatic heterocycles. The molecule has 0 N–H and O–H groups in total. The van der Waals surface area contributed by atoms with Gasteiger partial charge in [-0.15, -0.1) is 11.6 Å². The van der Waals surface area contributed by atoms with Crippen LogP contribution in [0.2, 0.25) is 0 Å².